The van der Waals surface area contributed by atoms with Gasteiger partial charge in [-0.15, -0.1) is 0 Å². The highest BCUT2D eigenvalue weighted by atomic mass is 14.9. The van der Waals surface area contributed by atoms with Crippen LogP contribution in [0.2, 0.25) is 0 Å². The van der Waals surface area contributed by atoms with Crippen molar-refractivity contribution in [2.24, 2.45) is 7.05 Å². The molecule has 0 N–H and O–H groups in total. The molecule has 6 rings (SSSR count). The fraction of sp³-hybridized carbons (Fsp3) is 0.148. The van der Waals surface area contributed by atoms with Crippen LogP contribution in [0.15, 0.2) is 66.9 Å². The van der Waals surface area contributed by atoms with Gasteiger partial charge in [-0.2, -0.15) is 0 Å². The van der Waals surface area contributed by atoms with Gasteiger partial charge in [0.05, 0.1) is 16.6 Å². The van der Waals surface area contributed by atoms with E-state index in [-0.39, 0.29) is 11.1 Å². The fourth-order valence-electron chi connectivity index (χ4n) is 4.77. The number of nitrogens with zero attached hydrogens (tertiary/aromatic N) is 2. The van der Waals surface area contributed by atoms with Gasteiger partial charge in [0.25, 0.3) is 0 Å². The van der Waals surface area contributed by atoms with E-state index in [4.69, 9.17) is 8.22 Å². The molecule has 0 unspecified atom stereocenters. The lowest BCUT2D eigenvalue weighted by Crippen LogP contribution is -2.31. The number of aromatic nitrogens is 2. The van der Waals surface area contributed by atoms with Gasteiger partial charge in [0.15, 0.2) is 6.20 Å². The number of aryl methyl sites for hydroxylation is 4. The molecule has 140 valence electrons. The zero-order chi connectivity index (χ0) is 24.9. The molecular formula is C27H23N2+. The molecular weight excluding hydrogens is 352 g/mol. The van der Waals surface area contributed by atoms with Crippen molar-refractivity contribution in [3.8, 4) is 11.3 Å². The first-order valence-corrected chi connectivity index (χ1v) is 9.69. The van der Waals surface area contributed by atoms with Crippen LogP contribution >= 0.6 is 0 Å². The lowest BCUT2D eigenvalue weighted by Gasteiger charge is -2.08. The summed E-state index contributed by atoms with van der Waals surface area (Å²) in [7, 11) is 1.76. The van der Waals surface area contributed by atoms with Crippen LogP contribution in [0.4, 0.5) is 0 Å². The first kappa shape index (κ1) is 11.6. The van der Waals surface area contributed by atoms with Gasteiger partial charge in [-0.3, -0.25) is 0 Å². The third-order valence-corrected chi connectivity index (χ3v) is 6.12. The van der Waals surface area contributed by atoms with Gasteiger partial charge in [-0.25, -0.2) is 4.57 Å². The molecule has 2 heteroatoms. The average molecular weight is 382 g/mol. The van der Waals surface area contributed by atoms with Gasteiger partial charge in [-0.1, -0.05) is 36.4 Å². The topological polar surface area (TPSA) is 8.29 Å². The standard InChI is InChI=1S/C27H23N2/c1-16-12-25(28(4)15-18(16)3)22-14-23-21-10-7-9-20-19-8-5-6-11-24(19)29(27(20)21)26(23)13-17(22)2/h5-15H,1-4H3/q+1/i1D3,3D3. The van der Waals surface area contributed by atoms with Crippen molar-refractivity contribution in [3.05, 3.63) is 83.6 Å². The van der Waals surface area contributed by atoms with E-state index < -0.39 is 13.7 Å². The molecule has 0 aliphatic rings. The molecule has 0 saturated carbocycles. The Morgan fingerprint density at radius 3 is 2.34 bits per heavy atom. The summed E-state index contributed by atoms with van der Waals surface area (Å²) in [5, 5.41) is 4.62. The number of fused-ring (bicyclic) bond motifs is 6. The normalized spacial score (nSPS) is 16.1. The Hall–Kier alpha value is -3.39. The molecule has 0 aliphatic carbocycles. The van der Waals surface area contributed by atoms with E-state index in [1.807, 2.05) is 13.0 Å². The van der Waals surface area contributed by atoms with Crippen LogP contribution in [0.1, 0.15) is 24.9 Å². The predicted molar refractivity (Wildman–Crippen MR) is 122 cm³/mol. The maximum atomic E-state index is 7.99. The highest BCUT2D eigenvalue weighted by Crippen LogP contribution is 2.40. The lowest BCUT2D eigenvalue weighted by atomic mass is 9.98. The summed E-state index contributed by atoms with van der Waals surface area (Å²) >= 11 is 0. The molecule has 0 spiro atoms. The Balaban J connectivity index is 1.70. The van der Waals surface area contributed by atoms with Crippen molar-refractivity contribution < 1.29 is 12.8 Å². The monoisotopic (exact) mass is 381 g/mol. The molecule has 3 aromatic heterocycles. The molecule has 0 saturated heterocycles. The first-order chi connectivity index (χ1) is 16.5. The molecule has 0 amide bonds. The fourth-order valence-corrected chi connectivity index (χ4v) is 4.77. The van der Waals surface area contributed by atoms with Gasteiger partial charge in [0.1, 0.15) is 7.05 Å². The summed E-state index contributed by atoms with van der Waals surface area (Å²) in [6, 6.07) is 20.5. The Kier molecular flexibility index (Phi) is 2.22. The Bertz CT molecular complexity index is 1790. The van der Waals surface area contributed by atoms with Crippen molar-refractivity contribution in [2.45, 2.75) is 20.6 Å². The van der Waals surface area contributed by atoms with Crippen LogP contribution in [0, 0.1) is 20.6 Å². The molecule has 0 radical (unpaired) electrons. The zero-order valence-corrected chi connectivity index (χ0v) is 16.2. The summed E-state index contributed by atoms with van der Waals surface area (Å²) in [5.41, 5.74) is 5.66. The van der Waals surface area contributed by atoms with Gasteiger partial charge >= 0.3 is 0 Å². The number of hydrogen-bond donors (Lipinski definition) is 0. The molecule has 29 heavy (non-hydrogen) atoms. The molecule has 0 aliphatic heterocycles. The molecule has 0 bridgehead atoms. The average Bonchev–Trinajstić information content (AvgIpc) is 3.29. The molecule has 3 aromatic carbocycles. The van der Waals surface area contributed by atoms with Crippen LogP contribution in [0.25, 0.3) is 49.4 Å². The van der Waals surface area contributed by atoms with E-state index in [1.54, 1.807) is 11.6 Å². The number of pyridine rings is 1. The molecule has 6 aromatic rings. The minimum Gasteiger partial charge on any atom is -0.308 e. The van der Waals surface area contributed by atoms with E-state index in [1.165, 1.54) is 28.6 Å². The van der Waals surface area contributed by atoms with Crippen molar-refractivity contribution in [1.82, 2.24) is 4.40 Å². The molecule has 0 atom stereocenters. The minimum absolute atomic E-state index is 0.134. The lowest BCUT2D eigenvalue weighted by molar-refractivity contribution is -0.660. The Morgan fingerprint density at radius 1 is 0.759 bits per heavy atom. The maximum absolute atomic E-state index is 7.99. The summed E-state index contributed by atoms with van der Waals surface area (Å²) < 4.78 is 51.6. The third-order valence-electron chi connectivity index (χ3n) is 6.12. The summed E-state index contributed by atoms with van der Waals surface area (Å²) in [4.78, 5) is 0. The number of para-hydroxylation sites is 2. The zero-order valence-electron chi connectivity index (χ0n) is 22.2. The molecule has 2 nitrogen and oxygen atoms in total. The predicted octanol–water partition coefficient (Wildman–Crippen LogP) is 6.25. The minimum atomic E-state index is -2.54. The largest absolute Gasteiger partial charge is 0.308 e. The first-order valence-electron chi connectivity index (χ1n) is 12.7. The van der Waals surface area contributed by atoms with Crippen molar-refractivity contribution in [2.75, 3.05) is 0 Å². The summed E-state index contributed by atoms with van der Waals surface area (Å²) in [5.74, 6) is 0. The summed E-state index contributed by atoms with van der Waals surface area (Å²) in [6.45, 7) is -3.05. The highest BCUT2D eigenvalue weighted by Gasteiger charge is 2.20. The number of benzene rings is 3. The van der Waals surface area contributed by atoms with Crippen LogP contribution in [0.3, 0.4) is 0 Å². The second-order valence-electron chi connectivity index (χ2n) is 7.84. The Labute approximate surface area is 178 Å². The smallest absolute Gasteiger partial charge is 0.212 e. The van der Waals surface area contributed by atoms with Crippen molar-refractivity contribution in [3.63, 3.8) is 0 Å². The quantitative estimate of drug-likeness (QED) is 0.297. The number of rotatable bonds is 1. The van der Waals surface area contributed by atoms with Gasteiger partial charge in [0.2, 0.25) is 5.69 Å². The van der Waals surface area contributed by atoms with Crippen LogP contribution < -0.4 is 4.57 Å². The molecule has 3 heterocycles. The van der Waals surface area contributed by atoms with Crippen LogP contribution in [-0.2, 0) is 7.05 Å². The summed E-state index contributed by atoms with van der Waals surface area (Å²) in [6.07, 6.45) is 1.44. The SMILES string of the molecule is [2H]C([2H])([2H])c1cc(-c2cc3c4cccc5c6ccccc6n(c3cc2C)c54)[n+](C)cc1C([2H])([2H])[2H]. The van der Waals surface area contributed by atoms with E-state index in [0.29, 0.717) is 5.69 Å². The van der Waals surface area contributed by atoms with E-state index in [2.05, 4.69) is 52.9 Å². The second-order valence-corrected chi connectivity index (χ2v) is 7.84. The third kappa shape index (κ3) is 2.09. The van der Waals surface area contributed by atoms with E-state index >= 15 is 0 Å². The van der Waals surface area contributed by atoms with Gasteiger partial charge < -0.3 is 4.40 Å². The highest BCUT2D eigenvalue weighted by molar-refractivity contribution is 6.23. The van der Waals surface area contributed by atoms with Gasteiger partial charge in [0, 0.05) is 47.0 Å². The van der Waals surface area contributed by atoms with Crippen molar-refractivity contribution in [1.29, 1.82) is 0 Å². The van der Waals surface area contributed by atoms with E-state index in [0.717, 1.165) is 32.9 Å². The van der Waals surface area contributed by atoms with Gasteiger partial charge in [-0.05, 0) is 50.0 Å². The van der Waals surface area contributed by atoms with Crippen molar-refractivity contribution >= 4 is 38.1 Å². The maximum Gasteiger partial charge on any atom is 0.212 e. The Morgan fingerprint density at radius 2 is 1.52 bits per heavy atom. The van der Waals surface area contributed by atoms with E-state index in [9.17, 15) is 0 Å². The van der Waals surface area contributed by atoms with Crippen LogP contribution in [-0.4, -0.2) is 4.40 Å². The van der Waals surface area contributed by atoms with Crippen LogP contribution in [0.5, 0.6) is 0 Å². The molecule has 0 fully saturated rings. The second kappa shape index (κ2) is 5.57. The number of hydrogen-bond acceptors (Lipinski definition) is 0.